The van der Waals surface area contributed by atoms with E-state index in [1.807, 2.05) is 6.07 Å². The van der Waals surface area contributed by atoms with Crippen LogP contribution in [0.1, 0.15) is 29.2 Å². The Bertz CT molecular complexity index is 580. The molecule has 5 heteroatoms. The van der Waals surface area contributed by atoms with Gasteiger partial charge in [0.15, 0.2) is 0 Å². The van der Waals surface area contributed by atoms with E-state index in [0.29, 0.717) is 10.7 Å². The maximum Gasteiger partial charge on any atom is 0.147 e. The molecule has 0 spiro atoms. The number of nitrogens with zero attached hydrogens (tertiary/aromatic N) is 1. The van der Waals surface area contributed by atoms with Crippen molar-refractivity contribution in [1.29, 1.82) is 0 Å². The minimum atomic E-state index is 0.139. The largest absolute Gasteiger partial charge is 0.395 e. The highest BCUT2D eigenvalue weighted by Crippen LogP contribution is 2.43. The third kappa shape index (κ3) is 1.70. The maximum atomic E-state index is 6.18. The Morgan fingerprint density at radius 3 is 2.88 bits per heavy atom. The highest BCUT2D eigenvalue weighted by atomic mass is 35.5. The zero-order valence-electron chi connectivity index (χ0n) is 8.91. The average molecular weight is 269 g/mol. The molecule has 2 N–H and O–H groups in total. The van der Waals surface area contributed by atoms with E-state index in [0.717, 1.165) is 34.7 Å². The summed E-state index contributed by atoms with van der Waals surface area (Å²) in [6.45, 7) is 0. The molecule has 3 rings (SSSR count). The SMILES string of the molecule is Nc1conc1C1CCc2c(Cl)cc(Cl)cc21. The van der Waals surface area contributed by atoms with E-state index in [4.69, 9.17) is 33.5 Å². The molecule has 1 aliphatic carbocycles. The highest BCUT2D eigenvalue weighted by molar-refractivity contribution is 6.35. The standard InChI is InChI=1S/C12H10Cl2N2O/c13-6-3-9-7(10(14)4-6)1-2-8(9)12-11(15)5-17-16-12/h3-5,8H,1-2,15H2. The smallest absolute Gasteiger partial charge is 0.147 e. The predicted octanol–water partition coefficient (Wildman–Crippen LogP) is 3.64. The number of aromatic nitrogens is 1. The van der Waals surface area contributed by atoms with Gasteiger partial charge in [-0.25, -0.2) is 0 Å². The monoisotopic (exact) mass is 268 g/mol. The summed E-state index contributed by atoms with van der Waals surface area (Å²) in [7, 11) is 0. The Kier molecular flexibility index (Phi) is 2.53. The summed E-state index contributed by atoms with van der Waals surface area (Å²) in [5, 5.41) is 5.33. The molecule has 0 radical (unpaired) electrons. The zero-order chi connectivity index (χ0) is 12.0. The lowest BCUT2D eigenvalue weighted by Gasteiger charge is -2.10. The van der Waals surface area contributed by atoms with E-state index in [1.54, 1.807) is 6.07 Å². The molecule has 0 saturated heterocycles. The third-order valence-electron chi connectivity index (χ3n) is 3.21. The molecule has 0 saturated carbocycles. The van der Waals surface area contributed by atoms with Crippen LogP contribution in [0, 0.1) is 0 Å². The van der Waals surface area contributed by atoms with Gasteiger partial charge in [-0.1, -0.05) is 28.4 Å². The molecular formula is C12H10Cl2N2O. The van der Waals surface area contributed by atoms with Crippen molar-refractivity contribution in [3.63, 3.8) is 0 Å². The summed E-state index contributed by atoms with van der Waals surface area (Å²) in [6, 6.07) is 3.71. The van der Waals surface area contributed by atoms with Gasteiger partial charge >= 0.3 is 0 Å². The van der Waals surface area contributed by atoms with Gasteiger partial charge in [0.05, 0.1) is 5.69 Å². The molecule has 17 heavy (non-hydrogen) atoms. The van der Waals surface area contributed by atoms with Crippen molar-refractivity contribution in [1.82, 2.24) is 5.16 Å². The van der Waals surface area contributed by atoms with Crippen molar-refractivity contribution in [2.45, 2.75) is 18.8 Å². The van der Waals surface area contributed by atoms with E-state index >= 15 is 0 Å². The first-order valence-electron chi connectivity index (χ1n) is 5.34. The van der Waals surface area contributed by atoms with Gasteiger partial charge in [0.2, 0.25) is 0 Å². The molecule has 0 bridgehead atoms. The number of hydrogen-bond acceptors (Lipinski definition) is 3. The van der Waals surface area contributed by atoms with Gasteiger partial charge in [-0.15, -0.1) is 0 Å². The Morgan fingerprint density at radius 1 is 1.35 bits per heavy atom. The molecule has 1 heterocycles. The molecule has 1 aromatic carbocycles. The molecule has 1 aliphatic rings. The Balaban J connectivity index is 2.13. The fourth-order valence-electron chi connectivity index (χ4n) is 2.44. The minimum absolute atomic E-state index is 0.139. The summed E-state index contributed by atoms with van der Waals surface area (Å²) in [5.74, 6) is 0.139. The van der Waals surface area contributed by atoms with Crippen molar-refractivity contribution in [3.05, 3.63) is 45.3 Å². The fraction of sp³-hybridized carbons (Fsp3) is 0.250. The fourth-order valence-corrected chi connectivity index (χ4v) is 3.05. The summed E-state index contributed by atoms with van der Waals surface area (Å²) >= 11 is 12.2. The first-order chi connectivity index (χ1) is 8.16. The average Bonchev–Trinajstić information content (AvgIpc) is 2.84. The topological polar surface area (TPSA) is 52.0 Å². The number of hydrogen-bond donors (Lipinski definition) is 1. The Hall–Kier alpha value is -1.19. The van der Waals surface area contributed by atoms with Crippen LogP contribution in [-0.4, -0.2) is 5.16 Å². The molecule has 1 atom stereocenters. The number of fused-ring (bicyclic) bond motifs is 1. The molecule has 0 fully saturated rings. The van der Waals surface area contributed by atoms with Crippen molar-refractivity contribution < 1.29 is 4.52 Å². The van der Waals surface area contributed by atoms with Crippen molar-refractivity contribution >= 4 is 28.9 Å². The van der Waals surface area contributed by atoms with Gasteiger partial charge in [0.25, 0.3) is 0 Å². The molecule has 1 aromatic heterocycles. The van der Waals surface area contributed by atoms with Crippen LogP contribution in [-0.2, 0) is 6.42 Å². The Morgan fingerprint density at radius 2 is 2.18 bits per heavy atom. The summed E-state index contributed by atoms with van der Waals surface area (Å²) < 4.78 is 4.89. The minimum Gasteiger partial charge on any atom is -0.395 e. The van der Waals surface area contributed by atoms with Gasteiger partial charge in [0, 0.05) is 16.0 Å². The molecule has 2 aromatic rings. The van der Waals surface area contributed by atoms with Gasteiger partial charge < -0.3 is 10.3 Å². The third-order valence-corrected chi connectivity index (χ3v) is 3.77. The normalized spacial score (nSPS) is 18.4. The van der Waals surface area contributed by atoms with Crippen molar-refractivity contribution in [3.8, 4) is 0 Å². The van der Waals surface area contributed by atoms with E-state index in [-0.39, 0.29) is 5.92 Å². The van der Waals surface area contributed by atoms with Crippen molar-refractivity contribution in [2.75, 3.05) is 5.73 Å². The number of benzene rings is 1. The van der Waals surface area contributed by atoms with Crippen LogP contribution < -0.4 is 5.73 Å². The number of anilines is 1. The van der Waals surface area contributed by atoms with E-state index < -0.39 is 0 Å². The molecule has 1 unspecified atom stereocenters. The number of rotatable bonds is 1. The number of halogens is 2. The number of nitrogens with two attached hydrogens (primary N) is 1. The zero-order valence-corrected chi connectivity index (χ0v) is 10.4. The summed E-state index contributed by atoms with van der Waals surface area (Å²) in [4.78, 5) is 0. The van der Waals surface area contributed by atoms with Crippen LogP contribution in [0.4, 0.5) is 5.69 Å². The van der Waals surface area contributed by atoms with Gasteiger partial charge in [-0.3, -0.25) is 0 Å². The second-order valence-corrected chi connectivity index (χ2v) is 5.05. The van der Waals surface area contributed by atoms with E-state index in [9.17, 15) is 0 Å². The second-order valence-electron chi connectivity index (χ2n) is 4.20. The maximum absolute atomic E-state index is 6.18. The summed E-state index contributed by atoms with van der Waals surface area (Å²) in [6.07, 6.45) is 3.31. The molecule has 3 nitrogen and oxygen atoms in total. The van der Waals surface area contributed by atoms with Gasteiger partial charge in [0.1, 0.15) is 12.0 Å². The first kappa shape index (κ1) is 10.9. The lowest BCUT2D eigenvalue weighted by molar-refractivity contribution is 0.408. The van der Waals surface area contributed by atoms with Crippen molar-refractivity contribution in [2.24, 2.45) is 0 Å². The van der Waals surface area contributed by atoms with Gasteiger partial charge in [-0.2, -0.15) is 0 Å². The molecule has 88 valence electrons. The quantitative estimate of drug-likeness (QED) is 0.859. The van der Waals surface area contributed by atoms with Crippen LogP contribution in [0.3, 0.4) is 0 Å². The summed E-state index contributed by atoms with van der Waals surface area (Å²) in [5.41, 5.74) is 9.45. The molecule has 0 amide bonds. The lowest BCUT2D eigenvalue weighted by atomic mass is 9.97. The van der Waals surface area contributed by atoms with Crippen LogP contribution >= 0.6 is 23.2 Å². The van der Waals surface area contributed by atoms with Crippen LogP contribution in [0.2, 0.25) is 10.0 Å². The van der Waals surface area contributed by atoms with Crippen LogP contribution in [0.25, 0.3) is 0 Å². The second kappa shape index (κ2) is 3.93. The predicted molar refractivity (Wildman–Crippen MR) is 67.5 cm³/mol. The van der Waals surface area contributed by atoms with E-state index in [2.05, 4.69) is 5.16 Å². The Labute approximate surface area is 108 Å². The first-order valence-corrected chi connectivity index (χ1v) is 6.10. The van der Waals surface area contributed by atoms with Gasteiger partial charge in [-0.05, 0) is 36.1 Å². The van der Waals surface area contributed by atoms with E-state index in [1.165, 1.54) is 6.26 Å². The number of nitrogen functional groups attached to an aromatic ring is 1. The molecular weight excluding hydrogens is 259 g/mol. The molecule has 0 aliphatic heterocycles. The van der Waals surface area contributed by atoms with Crippen LogP contribution in [0.15, 0.2) is 22.9 Å². The lowest BCUT2D eigenvalue weighted by Crippen LogP contribution is -2.00. The van der Waals surface area contributed by atoms with Crippen LogP contribution in [0.5, 0.6) is 0 Å². The highest BCUT2D eigenvalue weighted by Gasteiger charge is 2.29.